The maximum Gasteiger partial charge on any atom is 0.263 e. The number of carbonyl (C=O) groups excluding carboxylic acids is 1. The summed E-state index contributed by atoms with van der Waals surface area (Å²) in [6.45, 7) is 2.66. The number of hydrogen-bond acceptors (Lipinski definition) is 6. The molecule has 2 atom stereocenters. The molecule has 154 valence electrons. The molecule has 7 heteroatoms. The first-order valence-corrected chi connectivity index (χ1v) is 9.69. The van der Waals surface area contributed by atoms with Gasteiger partial charge in [-0.2, -0.15) is 0 Å². The second-order valence-corrected chi connectivity index (χ2v) is 7.07. The molecule has 0 N–H and O–H groups in total. The van der Waals surface area contributed by atoms with Crippen LogP contribution in [0.15, 0.2) is 36.4 Å². The third-order valence-corrected chi connectivity index (χ3v) is 5.34. The minimum absolute atomic E-state index is 0.0499. The molecule has 0 saturated carbocycles. The van der Waals surface area contributed by atoms with Crippen molar-refractivity contribution < 1.29 is 28.5 Å². The highest BCUT2D eigenvalue weighted by atomic mass is 16.7. The highest BCUT2D eigenvalue weighted by Crippen LogP contribution is 2.39. The lowest BCUT2D eigenvalue weighted by molar-refractivity contribution is -0.139. The van der Waals surface area contributed by atoms with E-state index in [4.69, 9.17) is 23.7 Å². The quantitative estimate of drug-likeness (QED) is 0.740. The first-order valence-electron chi connectivity index (χ1n) is 9.69. The van der Waals surface area contributed by atoms with E-state index in [-0.39, 0.29) is 18.7 Å². The molecular formula is C22H25NO6. The molecular weight excluding hydrogens is 374 g/mol. The van der Waals surface area contributed by atoms with Crippen LogP contribution in [0.25, 0.3) is 0 Å². The topological polar surface area (TPSA) is 66.5 Å². The van der Waals surface area contributed by atoms with Crippen molar-refractivity contribution in [1.82, 2.24) is 4.90 Å². The molecule has 29 heavy (non-hydrogen) atoms. The largest absolute Gasteiger partial charge is 0.497 e. The standard InChI is InChI=1S/C22H25NO6/c1-14(29-16-7-9-19-21(12-16)28-13-27-19)22(24)23-10-4-5-18(23)17-8-6-15(25-2)11-20(17)26-3/h6-9,11-12,14,18H,4-5,10,13H2,1-3H3. The zero-order valence-electron chi connectivity index (χ0n) is 16.8. The van der Waals surface area contributed by atoms with Gasteiger partial charge in [-0.25, -0.2) is 0 Å². The lowest BCUT2D eigenvalue weighted by Crippen LogP contribution is -2.40. The highest BCUT2D eigenvalue weighted by molar-refractivity contribution is 5.82. The van der Waals surface area contributed by atoms with Crippen molar-refractivity contribution >= 4 is 5.91 Å². The minimum atomic E-state index is -0.625. The van der Waals surface area contributed by atoms with Crippen LogP contribution in [0.5, 0.6) is 28.7 Å². The number of benzene rings is 2. The van der Waals surface area contributed by atoms with Crippen LogP contribution in [0.2, 0.25) is 0 Å². The van der Waals surface area contributed by atoms with Crippen molar-refractivity contribution in [2.24, 2.45) is 0 Å². The maximum absolute atomic E-state index is 13.2. The predicted molar refractivity (Wildman–Crippen MR) is 106 cm³/mol. The molecule has 2 aliphatic heterocycles. The van der Waals surface area contributed by atoms with E-state index in [0.29, 0.717) is 23.8 Å². The Morgan fingerprint density at radius 2 is 1.86 bits per heavy atom. The average Bonchev–Trinajstić information content (AvgIpc) is 3.41. The predicted octanol–water partition coefficient (Wildman–Crippen LogP) is 3.56. The third kappa shape index (κ3) is 3.77. The molecule has 1 saturated heterocycles. The summed E-state index contributed by atoms with van der Waals surface area (Å²) in [5, 5.41) is 0. The number of ether oxygens (including phenoxy) is 5. The first kappa shape index (κ1) is 19.2. The van der Waals surface area contributed by atoms with Gasteiger partial charge in [0, 0.05) is 24.2 Å². The van der Waals surface area contributed by atoms with Crippen molar-refractivity contribution in [2.45, 2.75) is 31.9 Å². The number of rotatable bonds is 6. The molecule has 2 unspecified atom stereocenters. The zero-order chi connectivity index (χ0) is 20.4. The maximum atomic E-state index is 13.2. The van der Waals surface area contributed by atoms with E-state index in [0.717, 1.165) is 29.9 Å². The van der Waals surface area contributed by atoms with E-state index in [2.05, 4.69) is 0 Å². The van der Waals surface area contributed by atoms with Crippen molar-refractivity contribution in [1.29, 1.82) is 0 Å². The molecule has 1 amide bonds. The van der Waals surface area contributed by atoms with Crippen molar-refractivity contribution in [2.75, 3.05) is 27.6 Å². The summed E-state index contributed by atoms with van der Waals surface area (Å²) in [7, 11) is 3.25. The van der Waals surface area contributed by atoms with Gasteiger partial charge in [-0.1, -0.05) is 0 Å². The van der Waals surface area contributed by atoms with Crippen LogP contribution < -0.4 is 23.7 Å². The molecule has 0 aromatic heterocycles. The Morgan fingerprint density at radius 3 is 2.66 bits per heavy atom. The van der Waals surface area contributed by atoms with Gasteiger partial charge in [0.05, 0.1) is 20.3 Å². The van der Waals surface area contributed by atoms with E-state index in [1.54, 1.807) is 39.3 Å². The molecule has 1 fully saturated rings. The fourth-order valence-electron chi connectivity index (χ4n) is 3.89. The van der Waals surface area contributed by atoms with Gasteiger partial charge < -0.3 is 28.6 Å². The van der Waals surface area contributed by atoms with E-state index < -0.39 is 6.10 Å². The number of hydrogen-bond donors (Lipinski definition) is 0. The second kappa shape index (κ2) is 8.11. The molecule has 0 bridgehead atoms. The van der Waals surface area contributed by atoms with Crippen molar-refractivity contribution in [3.05, 3.63) is 42.0 Å². The molecule has 2 heterocycles. The Labute approximate surface area is 170 Å². The summed E-state index contributed by atoms with van der Waals surface area (Å²) < 4.78 is 27.4. The van der Waals surface area contributed by atoms with Gasteiger partial charge in [-0.05, 0) is 44.0 Å². The van der Waals surface area contributed by atoms with Crippen molar-refractivity contribution in [3.8, 4) is 28.7 Å². The van der Waals surface area contributed by atoms with E-state index in [1.165, 1.54) is 0 Å². The lowest BCUT2D eigenvalue weighted by atomic mass is 10.0. The van der Waals surface area contributed by atoms with E-state index >= 15 is 0 Å². The van der Waals surface area contributed by atoms with Gasteiger partial charge in [-0.3, -0.25) is 4.79 Å². The number of nitrogens with zero attached hydrogens (tertiary/aromatic N) is 1. The van der Waals surface area contributed by atoms with Crippen LogP contribution >= 0.6 is 0 Å². The SMILES string of the molecule is COc1ccc(C2CCCN2C(=O)C(C)Oc2ccc3c(c2)OCO3)c(OC)c1. The Bertz CT molecular complexity index is 899. The molecule has 0 aliphatic carbocycles. The van der Waals surface area contributed by atoms with Crippen molar-refractivity contribution in [3.63, 3.8) is 0 Å². The fraction of sp³-hybridized carbons (Fsp3) is 0.409. The van der Waals surface area contributed by atoms with Gasteiger partial charge in [0.25, 0.3) is 5.91 Å². The molecule has 7 nitrogen and oxygen atoms in total. The van der Waals surface area contributed by atoms with Crippen LogP contribution in [0, 0.1) is 0 Å². The van der Waals surface area contributed by atoms with Crippen LogP contribution in [0.3, 0.4) is 0 Å². The van der Waals surface area contributed by atoms with Crippen LogP contribution in [-0.4, -0.2) is 44.5 Å². The highest BCUT2D eigenvalue weighted by Gasteiger charge is 2.35. The summed E-state index contributed by atoms with van der Waals surface area (Å²) in [4.78, 5) is 15.0. The van der Waals surface area contributed by atoms with Gasteiger partial charge in [0.1, 0.15) is 17.2 Å². The number of methoxy groups -OCH3 is 2. The minimum Gasteiger partial charge on any atom is -0.497 e. The van der Waals surface area contributed by atoms with Crippen LogP contribution in [0.1, 0.15) is 31.4 Å². The molecule has 4 rings (SSSR count). The smallest absolute Gasteiger partial charge is 0.263 e. The Hall–Kier alpha value is -3.09. The van der Waals surface area contributed by atoms with Gasteiger partial charge in [0.15, 0.2) is 17.6 Å². The number of fused-ring (bicyclic) bond motifs is 1. The molecule has 2 aliphatic rings. The Morgan fingerprint density at radius 1 is 1.07 bits per heavy atom. The monoisotopic (exact) mass is 399 g/mol. The first-order chi connectivity index (χ1) is 14.1. The zero-order valence-corrected chi connectivity index (χ0v) is 16.8. The molecule has 0 spiro atoms. The van der Waals surface area contributed by atoms with E-state index in [1.807, 2.05) is 23.1 Å². The van der Waals surface area contributed by atoms with Crippen LogP contribution in [0.4, 0.5) is 0 Å². The average molecular weight is 399 g/mol. The number of amides is 1. The summed E-state index contributed by atoms with van der Waals surface area (Å²) in [6, 6.07) is 11.0. The number of likely N-dealkylation sites (tertiary alicyclic amines) is 1. The summed E-state index contributed by atoms with van der Waals surface area (Å²) in [5.41, 5.74) is 0.981. The molecule has 2 aromatic carbocycles. The molecule has 0 radical (unpaired) electrons. The summed E-state index contributed by atoms with van der Waals surface area (Å²) in [5.74, 6) is 3.28. The fourth-order valence-corrected chi connectivity index (χ4v) is 3.89. The summed E-state index contributed by atoms with van der Waals surface area (Å²) >= 11 is 0. The van der Waals surface area contributed by atoms with E-state index in [9.17, 15) is 4.79 Å². The Balaban J connectivity index is 1.50. The lowest BCUT2D eigenvalue weighted by Gasteiger charge is -2.29. The third-order valence-electron chi connectivity index (χ3n) is 5.34. The Kier molecular flexibility index (Phi) is 5.38. The second-order valence-electron chi connectivity index (χ2n) is 7.07. The normalized spacial score (nSPS) is 18.4. The van der Waals surface area contributed by atoms with Gasteiger partial charge >= 0.3 is 0 Å². The molecule has 2 aromatic rings. The van der Waals surface area contributed by atoms with Crippen LogP contribution in [-0.2, 0) is 4.79 Å². The summed E-state index contributed by atoms with van der Waals surface area (Å²) in [6.07, 6.45) is 1.19. The number of carbonyl (C=O) groups is 1. The van der Waals surface area contributed by atoms with Gasteiger partial charge in [0.2, 0.25) is 6.79 Å². The van der Waals surface area contributed by atoms with Gasteiger partial charge in [-0.15, -0.1) is 0 Å².